The van der Waals surface area contributed by atoms with Gasteiger partial charge in [0.15, 0.2) is 0 Å². The van der Waals surface area contributed by atoms with E-state index in [0.717, 1.165) is 5.70 Å². The van der Waals surface area contributed by atoms with Crippen molar-refractivity contribution in [3.05, 3.63) is 11.8 Å². The molecule has 0 aromatic carbocycles. The van der Waals surface area contributed by atoms with Crippen LogP contribution >= 0.6 is 0 Å². The van der Waals surface area contributed by atoms with Gasteiger partial charge >= 0.3 is 26.7 Å². The lowest BCUT2D eigenvalue weighted by atomic mass is 10.8. The Morgan fingerprint density at radius 2 is 1.57 bits per heavy atom. The minimum absolute atomic E-state index is 0.950. The molecule has 0 spiro atoms. The summed E-state index contributed by atoms with van der Waals surface area (Å²) >= 11 is 0. The van der Waals surface area contributed by atoms with Gasteiger partial charge in [0, 0.05) is 0 Å². The lowest BCUT2D eigenvalue weighted by Gasteiger charge is -2.37. The van der Waals surface area contributed by atoms with E-state index in [0.29, 0.717) is 0 Å². The van der Waals surface area contributed by atoms with E-state index in [9.17, 15) is 12.3 Å². The van der Waals surface area contributed by atoms with E-state index in [1.54, 1.807) is 0 Å². The third kappa shape index (κ3) is 3.03. The summed E-state index contributed by atoms with van der Waals surface area (Å²) < 4.78 is 52.8. The van der Waals surface area contributed by atoms with Gasteiger partial charge in [0.1, 0.15) is 0 Å². The van der Waals surface area contributed by atoms with Gasteiger partial charge in [-0.3, -0.25) is 0 Å². The van der Waals surface area contributed by atoms with Crippen molar-refractivity contribution >= 4 is 26.7 Å². The highest BCUT2D eigenvalue weighted by atomic mass is 28.6. The fraction of sp³-hybridized carbons (Fsp3) is 0.600. The molecule has 0 aromatic rings. The molecule has 0 amide bonds. The predicted molar refractivity (Wildman–Crippen MR) is 50.4 cm³/mol. The maximum atomic E-state index is 13.7. The lowest BCUT2D eigenvalue weighted by Crippen LogP contribution is -2.63. The molecule has 1 rings (SSSR count). The monoisotopic (exact) mass is 260 g/mol. The fourth-order valence-corrected chi connectivity index (χ4v) is 9.95. The van der Waals surface area contributed by atoms with Crippen LogP contribution in [-0.4, -0.2) is 26.7 Å². The lowest BCUT2D eigenvalue weighted by molar-refractivity contribution is 0.128. The van der Waals surface area contributed by atoms with Gasteiger partial charge in [0.25, 0.3) is 0 Å². The Labute approximate surface area is 83.7 Å². The summed E-state index contributed by atoms with van der Waals surface area (Å²) in [5, 5.41) is 0. The second kappa shape index (κ2) is 3.57. The second-order valence-electron chi connectivity index (χ2n) is 3.25. The standard InChI is InChI=1S/C5H11F3O3Si3/c1-4-5-13(6)9-12(2,3)10-14(7,8)11-13/h4-5H,1-3H3. The molecule has 0 bridgehead atoms. The number of hydrogen-bond acceptors (Lipinski definition) is 3. The molecule has 82 valence electrons. The normalized spacial score (nSPS) is 36.1. The van der Waals surface area contributed by atoms with Crippen LogP contribution in [-0.2, 0) is 12.3 Å². The SMILES string of the molecule is CC=C[Si]1(F)O[Si](C)(C)O[Si](F)(F)O1. The number of rotatable bonds is 1. The van der Waals surface area contributed by atoms with Gasteiger partial charge in [-0.05, 0) is 25.7 Å². The van der Waals surface area contributed by atoms with Crippen molar-refractivity contribution in [2.24, 2.45) is 0 Å². The minimum atomic E-state index is -5.33. The molecule has 1 unspecified atom stereocenters. The predicted octanol–water partition coefficient (Wildman–Crippen LogP) is 2.15. The van der Waals surface area contributed by atoms with Gasteiger partial charge in [-0.15, -0.1) is 0 Å². The highest BCUT2D eigenvalue weighted by Gasteiger charge is 2.64. The Hall–Kier alpha value is 0.0606. The van der Waals surface area contributed by atoms with Crippen LogP contribution in [0.2, 0.25) is 13.1 Å². The number of halogens is 3. The van der Waals surface area contributed by atoms with Crippen LogP contribution in [0.3, 0.4) is 0 Å². The molecular formula is C5H11F3O3Si3. The maximum Gasteiger partial charge on any atom is 0.744 e. The topological polar surface area (TPSA) is 27.7 Å². The summed E-state index contributed by atoms with van der Waals surface area (Å²) in [6, 6.07) is 0. The summed E-state index contributed by atoms with van der Waals surface area (Å²) in [7, 11) is -12.7. The second-order valence-corrected chi connectivity index (χ2v) is 10.9. The van der Waals surface area contributed by atoms with E-state index in [1.165, 1.54) is 26.1 Å². The quantitative estimate of drug-likeness (QED) is 0.534. The molecule has 1 aliphatic rings. The molecule has 14 heavy (non-hydrogen) atoms. The van der Waals surface area contributed by atoms with Crippen LogP contribution in [0.15, 0.2) is 11.8 Å². The van der Waals surface area contributed by atoms with Crippen molar-refractivity contribution in [3.63, 3.8) is 0 Å². The fourth-order valence-electron chi connectivity index (χ4n) is 1.11. The Balaban J connectivity index is 2.91. The van der Waals surface area contributed by atoms with Gasteiger partial charge in [0.05, 0.1) is 0 Å². The summed E-state index contributed by atoms with van der Waals surface area (Å²) in [5.74, 6) is 0. The molecule has 0 aliphatic carbocycles. The molecule has 0 N–H and O–H groups in total. The van der Waals surface area contributed by atoms with E-state index in [1.807, 2.05) is 0 Å². The Kier molecular flexibility index (Phi) is 3.10. The number of hydrogen-bond donors (Lipinski definition) is 0. The van der Waals surface area contributed by atoms with Crippen LogP contribution in [0.25, 0.3) is 0 Å². The summed E-state index contributed by atoms with van der Waals surface area (Å²) in [4.78, 5) is 0. The van der Waals surface area contributed by atoms with Crippen molar-refractivity contribution in [2.75, 3.05) is 0 Å². The first-order chi connectivity index (χ1) is 6.18. The molecule has 1 saturated heterocycles. The van der Waals surface area contributed by atoms with Crippen LogP contribution in [0.1, 0.15) is 6.92 Å². The minimum Gasteiger partial charge on any atom is -0.388 e. The molecule has 0 radical (unpaired) electrons. The van der Waals surface area contributed by atoms with Gasteiger partial charge in [-0.25, -0.2) is 12.3 Å². The van der Waals surface area contributed by atoms with E-state index in [2.05, 4.69) is 8.23 Å². The van der Waals surface area contributed by atoms with Crippen molar-refractivity contribution < 1.29 is 24.7 Å². The molecule has 0 saturated carbocycles. The first-order valence-electron chi connectivity index (χ1n) is 3.99. The Morgan fingerprint density at radius 1 is 1.00 bits per heavy atom. The van der Waals surface area contributed by atoms with Crippen LogP contribution in [0.4, 0.5) is 12.3 Å². The average Bonchev–Trinajstić information content (AvgIpc) is 1.75. The summed E-state index contributed by atoms with van der Waals surface area (Å²) in [6.07, 6.45) is 1.31. The zero-order valence-corrected chi connectivity index (χ0v) is 11.0. The zero-order valence-electron chi connectivity index (χ0n) is 8.01. The average molecular weight is 260 g/mol. The molecule has 1 heterocycles. The largest absolute Gasteiger partial charge is 0.744 e. The van der Waals surface area contributed by atoms with E-state index >= 15 is 0 Å². The molecule has 1 atom stereocenters. The molecular weight excluding hydrogens is 249 g/mol. The van der Waals surface area contributed by atoms with Crippen LogP contribution < -0.4 is 0 Å². The first kappa shape index (κ1) is 12.1. The molecule has 9 heteroatoms. The zero-order chi connectivity index (χ0) is 11.0. The molecule has 1 aliphatic heterocycles. The Morgan fingerprint density at radius 3 is 2.00 bits per heavy atom. The molecule has 3 nitrogen and oxygen atoms in total. The van der Waals surface area contributed by atoms with Gasteiger partial charge < -0.3 is 12.3 Å². The first-order valence-corrected chi connectivity index (χ1v) is 10.2. The number of allylic oxidation sites excluding steroid dienone is 1. The van der Waals surface area contributed by atoms with E-state index < -0.39 is 26.7 Å². The van der Waals surface area contributed by atoms with Crippen molar-refractivity contribution in [1.82, 2.24) is 0 Å². The van der Waals surface area contributed by atoms with Gasteiger partial charge in [-0.1, -0.05) is 6.08 Å². The van der Waals surface area contributed by atoms with E-state index in [4.69, 9.17) is 4.12 Å². The molecule has 0 aromatic heterocycles. The van der Waals surface area contributed by atoms with Crippen molar-refractivity contribution in [3.8, 4) is 0 Å². The van der Waals surface area contributed by atoms with Crippen LogP contribution in [0, 0.1) is 0 Å². The molecule has 1 fully saturated rings. The van der Waals surface area contributed by atoms with Crippen molar-refractivity contribution in [2.45, 2.75) is 20.0 Å². The van der Waals surface area contributed by atoms with Crippen molar-refractivity contribution in [1.29, 1.82) is 0 Å². The smallest absolute Gasteiger partial charge is 0.388 e. The van der Waals surface area contributed by atoms with E-state index in [-0.39, 0.29) is 0 Å². The maximum absolute atomic E-state index is 13.7. The van der Waals surface area contributed by atoms with Gasteiger partial charge in [-0.2, -0.15) is 0 Å². The van der Waals surface area contributed by atoms with Gasteiger partial charge in [0.2, 0.25) is 0 Å². The Bertz CT molecular complexity index is 242. The highest BCUT2D eigenvalue weighted by molar-refractivity contribution is 6.89. The third-order valence-corrected chi connectivity index (χ3v) is 10.2. The summed E-state index contributed by atoms with van der Waals surface area (Å²) in [6.45, 7) is 4.27. The highest BCUT2D eigenvalue weighted by Crippen LogP contribution is 2.33. The third-order valence-electron chi connectivity index (χ3n) is 1.37. The summed E-state index contributed by atoms with van der Waals surface area (Å²) in [5.41, 5.74) is 0.950. The van der Waals surface area contributed by atoms with Crippen LogP contribution in [0.5, 0.6) is 0 Å².